The lowest BCUT2D eigenvalue weighted by atomic mass is 9.80. The molecular weight excluding hydrogens is 289 g/mol. The Morgan fingerprint density at radius 3 is 2.67 bits per heavy atom. The first-order valence-corrected chi connectivity index (χ1v) is 9.40. The van der Waals surface area contributed by atoms with E-state index in [4.69, 9.17) is 0 Å². The number of rotatable bonds is 4. The second-order valence-electron chi connectivity index (χ2n) is 6.17. The van der Waals surface area contributed by atoms with Crippen LogP contribution in [0.1, 0.15) is 42.9 Å². The second-order valence-corrected chi connectivity index (χ2v) is 8.50. The van der Waals surface area contributed by atoms with E-state index in [0.29, 0.717) is 12.0 Å². The minimum absolute atomic E-state index is 0.130. The van der Waals surface area contributed by atoms with Gasteiger partial charge in [-0.1, -0.05) is 24.1 Å². The highest BCUT2D eigenvalue weighted by Gasteiger charge is 2.34. The van der Waals surface area contributed by atoms with Crippen LogP contribution in [-0.2, 0) is 9.84 Å². The molecule has 3 unspecified atom stereocenters. The van der Waals surface area contributed by atoms with Crippen LogP contribution in [-0.4, -0.2) is 27.0 Å². The van der Waals surface area contributed by atoms with E-state index in [2.05, 4.69) is 5.32 Å². The first-order chi connectivity index (χ1) is 9.82. The summed E-state index contributed by atoms with van der Waals surface area (Å²) in [6, 6.07) is 4.98. The summed E-state index contributed by atoms with van der Waals surface area (Å²) in [4.78, 5) is 0. The topological polar surface area (TPSA) is 46.2 Å². The molecule has 0 aromatic heterocycles. The van der Waals surface area contributed by atoms with Crippen LogP contribution < -0.4 is 5.32 Å². The van der Waals surface area contributed by atoms with Gasteiger partial charge in [-0.25, -0.2) is 12.8 Å². The maximum absolute atomic E-state index is 14.1. The standard InChI is InChI=1S/C16H24FNO2S/c1-11-7-8-15(17)14(9-11)16(18-2)12-5-4-6-13(10-12)21(3,19)20/h7-9,12-13,16,18H,4-6,10H2,1-3H3. The molecule has 21 heavy (non-hydrogen) atoms. The summed E-state index contributed by atoms with van der Waals surface area (Å²) >= 11 is 0. The van der Waals surface area contributed by atoms with Gasteiger partial charge in [-0.15, -0.1) is 0 Å². The molecule has 5 heteroatoms. The van der Waals surface area contributed by atoms with Crippen LogP contribution in [0.4, 0.5) is 4.39 Å². The number of benzene rings is 1. The molecule has 3 nitrogen and oxygen atoms in total. The van der Waals surface area contributed by atoms with Crippen molar-refractivity contribution >= 4 is 9.84 Å². The lowest BCUT2D eigenvalue weighted by Crippen LogP contribution is -2.34. The molecule has 0 radical (unpaired) electrons. The molecule has 1 aliphatic carbocycles. The van der Waals surface area contributed by atoms with Crippen LogP contribution in [0.3, 0.4) is 0 Å². The van der Waals surface area contributed by atoms with Crippen molar-refractivity contribution in [3.63, 3.8) is 0 Å². The summed E-state index contributed by atoms with van der Waals surface area (Å²) in [6.45, 7) is 1.94. The predicted octanol–water partition coefficient (Wildman–Crippen LogP) is 3.00. The fourth-order valence-electron chi connectivity index (χ4n) is 3.42. The van der Waals surface area contributed by atoms with Gasteiger partial charge in [-0.2, -0.15) is 0 Å². The zero-order chi connectivity index (χ0) is 15.6. The van der Waals surface area contributed by atoms with Crippen molar-refractivity contribution in [3.8, 4) is 0 Å². The largest absolute Gasteiger partial charge is 0.313 e. The summed E-state index contributed by atoms with van der Waals surface area (Å²) < 4.78 is 37.7. The second kappa shape index (κ2) is 6.44. The van der Waals surface area contributed by atoms with Crippen LogP contribution in [0.15, 0.2) is 18.2 Å². The minimum Gasteiger partial charge on any atom is -0.313 e. The van der Waals surface area contributed by atoms with Gasteiger partial charge in [0.25, 0.3) is 0 Å². The SMILES string of the molecule is CNC(c1cc(C)ccc1F)C1CCCC(S(C)(=O)=O)C1. The number of halogens is 1. The van der Waals surface area contributed by atoms with E-state index in [-0.39, 0.29) is 23.0 Å². The van der Waals surface area contributed by atoms with Gasteiger partial charge in [-0.3, -0.25) is 0 Å². The summed E-state index contributed by atoms with van der Waals surface area (Å²) in [5.41, 5.74) is 1.67. The molecule has 1 aromatic rings. The maximum Gasteiger partial charge on any atom is 0.150 e. The molecule has 0 spiro atoms. The summed E-state index contributed by atoms with van der Waals surface area (Å²) in [5.74, 6) is -0.0683. The van der Waals surface area contributed by atoms with Crippen molar-refractivity contribution in [1.82, 2.24) is 5.32 Å². The van der Waals surface area contributed by atoms with Crippen molar-refractivity contribution in [3.05, 3.63) is 35.1 Å². The minimum atomic E-state index is -3.02. The number of nitrogens with one attached hydrogen (secondary N) is 1. The Morgan fingerprint density at radius 1 is 1.33 bits per heavy atom. The average molecular weight is 313 g/mol. The molecule has 0 saturated heterocycles. The van der Waals surface area contributed by atoms with Crippen molar-refractivity contribution in [1.29, 1.82) is 0 Å². The summed E-state index contributed by atoms with van der Waals surface area (Å²) in [6.07, 6.45) is 4.46. The van der Waals surface area contributed by atoms with Crippen molar-refractivity contribution < 1.29 is 12.8 Å². The van der Waals surface area contributed by atoms with Crippen molar-refractivity contribution in [2.75, 3.05) is 13.3 Å². The maximum atomic E-state index is 14.1. The fourth-order valence-corrected chi connectivity index (χ4v) is 4.61. The lowest BCUT2D eigenvalue weighted by Gasteiger charge is -2.34. The van der Waals surface area contributed by atoms with E-state index in [0.717, 1.165) is 24.8 Å². The van der Waals surface area contributed by atoms with E-state index in [9.17, 15) is 12.8 Å². The van der Waals surface area contributed by atoms with E-state index < -0.39 is 9.84 Å². The lowest BCUT2D eigenvalue weighted by molar-refractivity contribution is 0.278. The van der Waals surface area contributed by atoms with E-state index in [1.807, 2.05) is 20.0 Å². The van der Waals surface area contributed by atoms with Crippen LogP contribution in [0.25, 0.3) is 0 Å². The van der Waals surface area contributed by atoms with Gasteiger partial charge in [0.1, 0.15) is 15.7 Å². The van der Waals surface area contributed by atoms with Gasteiger partial charge in [0, 0.05) is 17.9 Å². The molecule has 1 saturated carbocycles. The zero-order valence-electron chi connectivity index (χ0n) is 12.9. The van der Waals surface area contributed by atoms with Gasteiger partial charge in [-0.05, 0) is 45.2 Å². The molecule has 1 aromatic carbocycles. The van der Waals surface area contributed by atoms with Crippen LogP contribution in [0, 0.1) is 18.7 Å². The summed E-state index contributed by atoms with van der Waals surface area (Å²) in [5, 5.41) is 2.90. The van der Waals surface area contributed by atoms with Gasteiger partial charge < -0.3 is 5.32 Å². The number of hydrogen-bond acceptors (Lipinski definition) is 3. The number of aryl methyl sites for hydroxylation is 1. The molecule has 3 atom stereocenters. The highest BCUT2D eigenvalue weighted by Crippen LogP contribution is 2.37. The molecule has 118 valence electrons. The van der Waals surface area contributed by atoms with Gasteiger partial charge in [0.05, 0.1) is 5.25 Å². The molecule has 2 rings (SSSR count). The Bertz CT molecular complexity index is 600. The first-order valence-electron chi connectivity index (χ1n) is 7.45. The monoisotopic (exact) mass is 313 g/mol. The summed E-state index contributed by atoms with van der Waals surface area (Å²) in [7, 11) is -1.21. The quantitative estimate of drug-likeness (QED) is 0.929. The Labute approximate surface area is 126 Å². The third kappa shape index (κ3) is 3.83. The third-order valence-electron chi connectivity index (χ3n) is 4.54. The van der Waals surface area contributed by atoms with Crippen LogP contribution in [0.2, 0.25) is 0 Å². The predicted molar refractivity (Wildman–Crippen MR) is 83.5 cm³/mol. The average Bonchev–Trinajstić information content (AvgIpc) is 2.43. The first kappa shape index (κ1) is 16.4. The van der Waals surface area contributed by atoms with Crippen LogP contribution >= 0.6 is 0 Å². The van der Waals surface area contributed by atoms with Crippen molar-refractivity contribution in [2.45, 2.75) is 43.9 Å². The van der Waals surface area contributed by atoms with E-state index >= 15 is 0 Å². The normalized spacial score (nSPS) is 24.8. The smallest absolute Gasteiger partial charge is 0.150 e. The highest BCUT2D eigenvalue weighted by atomic mass is 32.2. The number of hydrogen-bond donors (Lipinski definition) is 1. The Kier molecular flexibility index (Phi) is 5.04. The molecule has 0 amide bonds. The van der Waals surface area contributed by atoms with Crippen LogP contribution in [0.5, 0.6) is 0 Å². The van der Waals surface area contributed by atoms with Crippen molar-refractivity contribution in [2.24, 2.45) is 5.92 Å². The molecule has 0 aliphatic heterocycles. The Morgan fingerprint density at radius 2 is 2.05 bits per heavy atom. The molecule has 1 aliphatic rings. The van der Waals surface area contributed by atoms with E-state index in [1.54, 1.807) is 6.07 Å². The van der Waals surface area contributed by atoms with E-state index in [1.165, 1.54) is 12.3 Å². The van der Waals surface area contributed by atoms with Gasteiger partial charge >= 0.3 is 0 Å². The molecule has 0 heterocycles. The number of sulfone groups is 1. The Balaban J connectivity index is 2.27. The zero-order valence-corrected chi connectivity index (χ0v) is 13.7. The molecule has 1 N–H and O–H groups in total. The molecule has 0 bridgehead atoms. The third-order valence-corrected chi connectivity index (χ3v) is 6.18. The fraction of sp³-hybridized carbons (Fsp3) is 0.625. The van der Waals surface area contributed by atoms with Gasteiger partial charge in [0.2, 0.25) is 0 Å². The highest BCUT2D eigenvalue weighted by molar-refractivity contribution is 7.91. The molecular formula is C16H24FNO2S. The molecule has 1 fully saturated rings. The van der Waals surface area contributed by atoms with Gasteiger partial charge in [0.15, 0.2) is 0 Å². The Hall–Kier alpha value is -0.940.